The molecule has 0 atom stereocenters. The van der Waals surface area contributed by atoms with E-state index >= 15 is 0 Å². The third kappa shape index (κ3) is 3.51. The Kier molecular flexibility index (Phi) is 4.88. The van der Waals surface area contributed by atoms with Gasteiger partial charge >= 0.3 is 6.16 Å². The Balaban J connectivity index is 1.94. The minimum absolute atomic E-state index is 0.0282. The molecule has 0 saturated heterocycles. The number of aromatic nitrogens is 1. The van der Waals surface area contributed by atoms with Gasteiger partial charge in [-0.1, -0.05) is 18.2 Å². The van der Waals surface area contributed by atoms with Crippen LogP contribution in [0.5, 0.6) is 11.6 Å². The van der Waals surface area contributed by atoms with Crippen molar-refractivity contribution in [1.82, 2.24) is 4.98 Å². The van der Waals surface area contributed by atoms with Crippen molar-refractivity contribution in [2.45, 2.75) is 13.8 Å². The quantitative estimate of drug-likeness (QED) is 0.406. The summed E-state index contributed by atoms with van der Waals surface area (Å²) in [7, 11) is 0. The number of H-pyrrole nitrogens is 1. The van der Waals surface area contributed by atoms with E-state index in [0.717, 1.165) is 10.9 Å². The number of carbonyl (C=O) groups is 1. The molecule has 0 aliphatic heterocycles. The maximum atomic E-state index is 14.2. The summed E-state index contributed by atoms with van der Waals surface area (Å²) >= 11 is 0. The Labute approximate surface area is 148 Å². The maximum absolute atomic E-state index is 14.2. The second-order valence-corrected chi connectivity index (χ2v) is 5.55. The molecule has 0 amide bonds. The average Bonchev–Trinajstić information content (AvgIpc) is 2.92. The maximum Gasteiger partial charge on any atom is 0.513 e. The first-order valence-electron chi connectivity index (χ1n) is 7.98. The van der Waals surface area contributed by atoms with Crippen LogP contribution in [-0.4, -0.2) is 29.1 Å². The normalized spacial score (nSPS) is 11.2. The summed E-state index contributed by atoms with van der Waals surface area (Å²) in [6.07, 6.45) is 0.488. The molecule has 0 unspecified atom stereocenters. The van der Waals surface area contributed by atoms with Crippen molar-refractivity contribution in [2.24, 2.45) is 4.99 Å². The zero-order valence-electron chi connectivity index (χ0n) is 14.2. The number of aryl methyl sites for hydroxylation is 1. The Hall–Kier alpha value is -3.35. The summed E-state index contributed by atoms with van der Waals surface area (Å²) in [6, 6.07) is 9.81. The molecule has 1 aromatic heterocycles. The lowest BCUT2D eigenvalue weighted by Crippen LogP contribution is -2.10. The fraction of sp³-hybridized carbons (Fsp3) is 0.158. The van der Waals surface area contributed by atoms with Crippen LogP contribution in [0.15, 0.2) is 41.4 Å². The highest BCUT2D eigenvalue weighted by Crippen LogP contribution is 2.30. The molecule has 1 heterocycles. The molecule has 0 spiro atoms. The van der Waals surface area contributed by atoms with Crippen LogP contribution in [0, 0.1) is 12.7 Å². The molecule has 0 aliphatic carbocycles. The molecule has 6 nitrogen and oxygen atoms in total. The molecule has 0 fully saturated rings. The lowest BCUT2D eigenvalue weighted by atomic mass is 10.1. The fourth-order valence-electron chi connectivity index (χ4n) is 2.50. The largest absolute Gasteiger partial charge is 0.513 e. The van der Waals surface area contributed by atoms with E-state index in [1.54, 1.807) is 13.8 Å². The average molecular weight is 356 g/mol. The fourth-order valence-corrected chi connectivity index (χ4v) is 2.50. The Morgan fingerprint density at radius 3 is 2.88 bits per heavy atom. The van der Waals surface area contributed by atoms with Crippen LogP contribution in [0.25, 0.3) is 10.9 Å². The molecule has 7 heteroatoms. The topological polar surface area (TPSA) is 83.9 Å². The van der Waals surface area contributed by atoms with Gasteiger partial charge in [0.25, 0.3) is 0 Å². The molecular weight excluding hydrogens is 339 g/mol. The number of aromatic amines is 1. The summed E-state index contributed by atoms with van der Waals surface area (Å²) < 4.78 is 24.0. The lowest BCUT2D eigenvalue weighted by molar-refractivity contribution is 0.104. The van der Waals surface area contributed by atoms with E-state index in [9.17, 15) is 14.3 Å². The lowest BCUT2D eigenvalue weighted by Gasteiger charge is -2.08. The summed E-state index contributed by atoms with van der Waals surface area (Å²) in [4.78, 5) is 18.4. The van der Waals surface area contributed by atoms with Crippen molar-refractivity contribution >= 4 is 29.0 Å². The highest BCUT2D eigenvalue weighted by Gasteiger charge is 2.13. The molecule has 3 aromatic rings. The highest BCUT2D eigenvalue weighted by atomic mass is 19.1. The second kappa shape index (κ2) is 7.26. The molecule has 134 valence electrons. The van der Waals surface area contributed by atoms with Crippen LogP contribution in [-0.2, 0) is 4.74 Å². The van der Waals surface area contributed by atoms with E-state index in [1.165, 1.54) is 18.3 Å². The number of hydrogen-bond donors (Lipinski definition) is 2. The van der Waals surface area contributed by atoms with E-state index in [4.69, 9.17) is 9.47 Å². The molecule has 0 bridgehead atoms. The Morgan fingerprint density at radius 1 is 1.35 bits per heavy atom. The van der Waals surface area contributed by atoms with Crippen LogP contribution < -0.4 is 4.74 Å². The first-order valence-corrected chi connectivity index (χ1v) is 7.98. The summed E-state index contributed by atoms with van der Waals surface area (Å²) in [5, 5.41) is 10.8. The van der Waals surface area contributed by atoms with Gasteiger partial charge in [-0.3, -0.25) is 4.99 Å². The molecule has 0 aliphatic rings. The number of ether oxygens (including phenoxy) is 2. The smallest absolute Gasteiger partial charge is 0.494 e. The van der Waals surface area contributed by atoms with Crippen molar-refractivity contribution in [3.8, 4) is 11.6 Å². The number of rotatable bonds is 4. The second-order valence-electron chi connectivity index (χ2n) is 5.55. The van der Waals surface area contributed by atoms with E-state index in [-0.39, 0.29) is 23.9 Å². The predicted molar refractivity (Wildman–Crippen MR) is 96.0 cm³/mol. The van der Waals surface area contributed by atoms with Gasteiger partial charge in [-0.25, -0.2) is 9.18 Å². The minimum Gasteiger partial charge on any atom is -0.494 e. The van der Waals surface area contributed by atoms with Crippen molar-refractivity contribution in [3.05, 3.63) is 53.3 Å². The standard InChI is InChI=1S/C19H17FN2O4/c1-3-25-19(24)26-17-9-16(14(20)8-11(17)2)21-10-13-12-6-4-5-7-15(12)22-18(13)23/h4-10,22-23H,3H2,1-2H3. The monoisotopic (exact) mass is 356 g/mol. The number of para-hydroxylation sites is 1. The molecule has 0 radical (unpaired) electrons. The van der Waals surface area contributed by atoms with Gasteiger partial charge < -0.3 is 19.6 Å². The number of aromatic hydroxyl groups is 1. The zero-order valence-corrected chi connectivity index (χ0v) is 14.2. The van der Waals surface area contributed by atoms with Gasteiger partial charge in [-0.2, -0.15) is 0 Å². The van der Waals surface area contributed by atoms with Crippen molar-refractivity contribution in [3.63, 3.8) is 0 Å². The van der Waals surface area contributed by atoms with Gasteiger partial charge in [0.1, 0.15) is 17.3 Å². The third-order valence-electron chi connectivity index (χ3n) is 3.76. The Bertz CT molecular complexity index is 995. The number of fused-ring (bicyclic) bond motifs is 1. The van der Waals surface area contributed by atoms with Crippen molar-refractivity contribution < 1.29 is 23.8 Å². The van der Waals surface area contributed by atoms with E-state index < -0.39 is 12.0 Å². The third-order valence-corrected chi connectivity index (χ3v) is 3.76. The van der Waals surface area contributed by atoms with E-state index in [0.29, 0.717) is 11.1 Å². The van der Waals surface area contributed by atoms with Gasteiger partial charge in [-0.05, 0) is 31.5 Å². The summed E-state index contributed by atoms with van der Waals surface area (Å²) in [6.45, 7) is 3.43. The molecular formula is C19H17FN2O4. The zero-order chi connectivity index (χ0) is 18.7. The van der Waals surface area contributed by atoms with Gasteiger partial charge in [0.2, 0.25) is 0 Å². The van der Waals surface area contributed by atoms with Gasteiger partial charge in [0.15, 0.2) is 5.88 Å². The number of aliphatic imine (C=N–C) groups is 1. The first kappa shape index (κ1) is 17.5. The van der Waals surface area contributed by atoms with Gasteiger partial charge in [0, 0.05) is 23.2 Å². The molecule has 3 rings (SSSR count). The molecule has 0 saturated carbocycles. The van der Waals surface area contributed by atoms with E-state index in [2.05, 4.69) is 9.98 Å². The van der Waals surface area contributed by atoms with Crippen LogP contribution in [0.2, 0.25) is 0 Å². The van der Waals surface area contributed by atoms with Crippen molar-refractivity contribution in [2.75, 3.05) is 6.61 Å². The van der Waals surface area contributed by atoms with E-state index in [1.807, 2.05) is 24.3 Å². The summed E-state index contributed by atoms with van der Waals surface area (Å²) in [5.74, 6) is -0.486. The molecule has 2 N–H and O–H groups in total. The van der Waals surface area contributed by atoms with Crippen LogP contribution >= 0.6 is 0 Å². The molecule has 2 aromatic carbocycles. The molecule has 26 heavy (non-hydrogen) atoms. The number of carbonyl (C=O) groups excluding carboxylic acids is 1. The van der Waals surface area contributed by atoms with Crippen LogP contribution in [0.1, 0.15) is 18.1 Å². The van der Waals surface area contributed by atoms with Crippen molar-refractivity contribution in [1.29, 1.82) is 0 Å². The number of nitrogens with one attached hydrogen (secondary N) is 1. The van der Waals surface area contributed by atoms with Crippen LogP contribution in [0.4, 0.5) is 14.9 Å². The number of halogens is 1. The van der Waals surface area contributed by atoms with Gasteiger partial charge in [0.05, 0.1) is 12.2 Å². The first-order chi connectivity index (χ1) is 12.5. The summed E-state index contributed by atoms with van der Waals surface area (Å²) in [5.41, 5.74) is 1.58. The van der Waals surface area contributed by atoms with Crippen LogP contribution in [0.3, 0.4) is 0 Å². The van der Waals surface area contributed by atoms with Gasteiger partial charge in [-0.15, -0.1) is 0 Å². The number of hydrogen-bond acceptors (Lipinski definition) is 5. The Morgan fingerprint density at radius 2 is 2.12 bits per heavy atom. The number of nitrogens with zero attached hydrogens (tertiary/aromatic N) is 1. The highest BCUT2D eigenvalue weighted by molar-refractivity contribution is 6.02. The number of benzene rings is 2. The minimum atomic E-state index is -0.869. The predicted octanol–water partition coefficient (Wildman–Crippen LogP) is 4.61. The SMILES string of the molecule is CCOC(=O)Oc1cc(N=Cc2c(O)[nH]c3ccccc23)c(F)cc1C.